The molecule has 0 spiro atoms. The molecule has 6 heteroatoms. The van der Waals surface area contributed by atoms with Crippen molar-refractivity contribution in [2.75, 3.05) is 24.6 Å². The zero-order valence-electron chi connectivity index (χ0n) is 11.6. The van der Waals surface area contributed by atoms with Crippen LogP contribution in [0.2, 0.25) is 0 Å². The number of aryl methyl sites for hydroxylation is 1. The predicted octanol–water partition coefficient (Wildman–Crippen LogP) is 0.206. The van der Waals surface area contributed by atoms with Crippen LogP contribution < -0.4 is 16.2 Å². The lowest BCUT2D eigenvalue weighted by molar-refractivity contribution is 0.0272. The Balaban J connectivity index is 2.21. The van der Waals surface area contributed by atoms with Gasteiger partial charge in [-0.05, 0) is 13.3 Å². The highest BCUT2D eigenvalue weighted by atomic mass is 16.5. The van der Waals surface area contributed by atoms with Crippen LogP contribution in [0.15, 0.2) is 17.2 Å². The maximum atomic E-state index is 12.3. The number of morpholine rings is 1. The summed E-state index contributed by atoms with van der Waals surface area (Å²) in [5.41, 5.74) is 5.83. The first kappa shape index (κ1) is 14.0. The van der Waals surface area contributed by atoms with Gasteiger partial charge < -0.3 is 19.9 Å². The molecule has 0 amide bonds. The van der Waals surface area contributed by atoms with E-state index in [4.69, 9.17) is 10.5 Å². The molecule has 1 aliphatic heterocycles. The Labute approximate surface area is 113 Å². The van der Waals surface area contributed by atoms with Gasteiger partial charge in [0.2, 0.25) is 0 Å². The first-order valence-electron chi connectivity index (χ1n) is 6.81. The molecule has 0 aromatic carbocycles. The Morgan fingerprint density at radius 2 is 2.42 bits per heavy atom. The molecule has 0 bridgehead atoms. The molecule has 2 unspecified atom stereocenters. The lowest BCUT2D eigenvalue weighted by atomic mass is 10.1. The molecule has 2 heterocycles. The van der Waals surface area contributed by atoms with E-state index in [9.17, 15) is 4.79 Å². The average Bonchev–Trinajstić information content (AvgIpc) is 2.41. The highest BCUT2D eigenvalue weighted by Crippen LogP contribution is 2.12. The van der Waals surface area contributed by atoms with Gasteiger partial charge in [-0.2, -0.15) is 0 Å². The summed E-state index contributed by atoms with van der Waals surface area (Å²) in [5.74, 6) is 0.505. The lowest BCUT2D eigenvalue weighted by Gasteiger charge is -2.35. The monoisotopic (exact) mass is 266 g/mol. The Kier molecular flexibility index (Phi) is 4.55. The Hall–Kier alpha value is -1.40. The third-order valence-corrected chi connectivity index (χ3v) is 3.34. The van der Waals surface area contributed by atoms with Crippen molar-refractivity contribution in [1.29, 1.82) is 0 Å². The number of rotatable bonds is 4. The van der Waals surface area contributed by atoms with Gasteiger partial charge in [0.15, 0.2) is 5.82 Å². The number of anilines is 1. The highest BCUT2D eigenvalue weighted by molar-refractivity contribution is 5.36. The number of hydrogen-bond acceptors (Lipinski definition) is 5. The molecule has 1 fully saturated rings. The fourth-order valence-corrected chi connectivity index (χ4v) is 2.26. The summed E-state index contributed by atoms with van der Waals surface area (Å²) in [6.07, 6.45) is 4.30. The molecule has 2 rings (SSSR count). The SMILES string of the molecule is CCCn1ccnc(N2CCOC(C(C)N)C2)c1=O. The summed E-state index contributed by atoms with van der Waals surface area (Å²) in [6.45, 7) is 6.57. The molecule has 0 radical (unpaired) electrons. The summed E-state index contributed by atoms with van der Waals surface area (Å²) in [4.78, 5) is 18.5. The van der Waals surface area contributed by atoms with Crippen molar-refractivity contribution >= 4 is 5.82 Å². The standard InChI is InChI=1S/C13H22N4O2/c1-3-5-16-6-4-15-12(13(16)18)17-7-8-19-11(9-17)10(2)14/h4,6,10-11H,3,5,7-9,14H2,1-2H3. The topological polar surface area (TPSA) is 73.4 Å². The molecule has 19 heavy (non-hydrogen) atoms. The first-order valence-corrected chi connectivity index (χ1v) is 6.81. The zero-order chi connectivity index (χ0) is 13.8. The first-order chi connectivity index (χ1) is 9.13. The minimum absolute atomic E-state index is 0.0327. The van der Waals surface area contributed by atoms with Crippen LogP contribution in [0.4, 0.5) is 5.82 Å². The molecule has 1 aromatic rings. The molecule has 1 aliphatic rings. The summed E-state index contributed by atoms with van der Waals surface area (Å²) >= 11 is 0. The van der Waals surface area contributed by atoms with Gasteiger partial charge in [-0.3, -0.25) is 4.79 Å². The van der Waals surface area contributed by atoms with Crippen LogP contribution in [-0.2, 0) is 11.3 Å². The normalized spacial score (nSPS) is 21.4. The van der Waals surface area contributed by atoms with Crippen LogP contribution in [0.5, 0.6) is 0 Å². The number of aromatic nitrogens is 2. The van der Waals surface area contributed by atoms with Gasteiger partial charge in [-0.15, -0.1) is 0 Å². The number of nitrogens with two attached hydrogens (primary N) is 1. The van der Waals surface area contributed by atoms with Gasteiger partial charge >= 0.3 is 0 Å². The molecule has 0 saturated carbocycles. The average molecular weight is 266 g/mol. The number of hydrogen-bond donors (Lipinski definition) is 1. The molecule has 1 saturated heterocycles. The third-order valence-electron chi connectivity index (χ3n) is 3.34. The van der Waals surface area contributed by atoms with Crippen LogP contribution in [0.25, 0.3) is 0 Å². The van der Waals surface area contributed by atoms with E-state index in [2.05, 4.69) is 4.98 Å². The van der Waals surface area contributed by atoms with Gasteiger partial charge in [-0.1, -0.05) is 6.92 Å². The zero-order valence-corrected chi connectivity index (χ0v) is 11.6. The van der Waals surface area contributed by atoms with Gasteiger partial charge in [0.25, 0.3) is 5.56 Å². The van der Waals surface area contributed by atoms with E-state index in [0.29, 0.717) is 25.5 Å². The maximum absolute atomic E-state index is 12.3. The largest absolute Gasteiger partial charge is 0.373 e. The van der Waals surface area contributed by atoms with E-state index in [1.807, 2.05) is 18.7 Å². The van der Waals surface area contributed by atoms with Gasteiger partial charge in [0, 0.05) is 38.1 Å². The molecule has 2 N–H and O–H groups in total. The second-order valence-corrected chi connectivity index (χ2v) is 4.96. The van der Waals surface area contributed by atoms with E-state index in [-0.39, 0.29) is 17.7 Å². The van der Waals surface area contributed by atoms with Crippen molar-refractivity contribution in [2.45, 2.75) is 39.0 Å². The van der Waals surface area contributed by atoms with Crippen LogP contribution in [0.3, 0.4) is 0 Å². The second kappa shape index (κ2) is 6.16. The van der Waals surface area contributed by atoms with Crippen molar-refractivity contribution < 1.29 is 4.74 Å². The summed E-state index contributed by atoms with van der Waals surface area (Å²) in [5, 5.41) is 0. The van der Waals surface area contributed by atoms with Crippen LogP contribution in [0, 0.1) is 0 Å². The second-order valence-electron chi connectivity index (χ2n) is 4.96. The molecule has 6 nitrogen and oxygen atoms in total. The van der Waals surface area contributed by atoms with Gasteiger partial charge in [-0.25, -0.2) is 4.98 Å². The Bertz CT molecular complexity index is 472. The maximum Gasteiger partial charge on any atom is 0.293 e. The van der Waals surface area contributed by atoms with Crippen LogP contribution >= 0.6 is 0 Å². The van der Waals surface area contributed by atoms with E-state index >= 15 is 0 Å². The summed E-state index contributed by atoms with van der Waals surface area (Å²) in [7, 11) is 0. The van der Waals surface area contributed by atoms with E-state index < -0.39 is 0 Å². The number of nitrogens with zero attached hydrogens (tertiary/aromatic N) is 3. The fraction of sp³-hybridized carbons (Fsp3) is 0.692. The van der Waals surface area contributed by atoms with E-state index in [0.717, 1.165) is 13.0 Å². The molecule has 2 atom stereocenters. The van der Waals surface area contributed by atoms with Crippen LogP contribution in [-0.4, -0.2) is 41.4 Å². The molecular formula is C13H22N4O2. The minimum Gasteiger partial charge on any atom is -0.373 e. The fourth-order valence-electron chi connectivity index (χ4n) is 2.26. The van der Waals surface area contributed by atoms with Crippen LogP contribution in [0.1, 0.15) is 20.3 Å². The van der Waals surface area contributed by atoms with Gasteiger partial charge in [0.1, 0.15) is 0 Å². The number of ether oxygens (including phenoxy) is 1. The van der Waals surface area contributed by atoms with Crippen molar-refractivity contribution in [1.82, 2.24) is 9.55 Å². The van der Waals surface area contributed by atoms with Crippen molar-refractivity contribution in [3.05, 3.63) is 22.7 Å². The molecule has 106 valence electrons. The molecule has 1 aromatic heterocycles. The van der Waals surface area contributed by atoms with E-state index in [1.165, 1.54) is 0 Å². The van der Waals surface area contributed by atoms with Crippen molar-refractivity contribution in [2.24, 2.45) is 5.73 Å². The Morgan fingerprint density at radius 1 is 1.63 bits per heavy atom. The highest BCUT2D eigenvalue weighted by Gasteiger charge is 2.25. The smallest absolute Gasteiger partial charge is 0.293 e. The molecular weight excluding hydrogens is 244 g/mol. The molecule has 0 aliphatic carbocycles. The predicted molar refractivity (Wildman–Crippen MR) is 74.4 cm³/mol. The van der Waals surface area contributed by atoms with Crippen molar-refractivity contribution in [3.8, 4) is 0 Å². The quantitative estimate of drug-likeness (QED) is 0.843. The minimum atomic E-state index is -0.0515. The summed E-state index contributed by atoms with van der Waals surface area (Å²) in [6, 6.07) is -0.0515. The Morgan fingerprint density at radius 3 is 3.11 bits per heavy atom. The van der Waals surface area contributed by atoms with Crippen molar-refractivity contribution in [3.63, 3.8) is 0 Å². The van der Waals surface area contributed by atoms with Gasteiger partial charge in [0.05, 0.1) is 12.7 Å². The lowest BCUT2D eigenvalue weighted by Crippen LogP contribution is -2.51. The van der Waals surface area contributed by atoms with E-state index in [1.54, 1.807) is 17.0 Å². The summed E-state index contributed by atoms with van der Waals surface area (Å²) < 4.78 is 7.31. The third kappa shape index (κ3) is 3.13.